The highest BCUT2D eigenvalue weighted by molar-refractivity contribution is 6.35. The summed E-state index contributed by atoms with van der Waals surface area (Å²) in [6, 6.07) is 17.4. The van der Waals surface area contributed by atoms with Gasteiger partial charge in [0.25, 0.3) is 11.6 Å². The van der Waals surface area contributed by atoms with E-state index in [1.807, 2.05) is 0 Å². The van der Waals surface area contributed by atoms with E-state index >= 15 is 0 Å². The van der Waals surface area contributed by atoms with Crippen LogP contribution in [-0.4, -0.2) is 40.9 Å². The van der Waals surface area contributed by atoms with Crippen LogP contribution in [0.3, 0.4) is 0 Å². The molecule has 1 saturated heterocycles. The number of hydrogen-bond donors (Lipinski definition) is 1. The summed E-state index contributed by atoms with van der Waals surface area (Å²) in [7, 11) is 1.69. The zero-order valence-electron chi connectivity index (χ0n) is 18.4. The van der Waals surface area contributed by atoms with E-state index in [0.717, 1.165) is 0 Å². The van der Waals surface area contributed by atoms with Gasteiger partial charge in [-0.05, 0) is 30.8 Å². The molecule has 0 saturated carbocycles. The van der Waals surface area contributed by atoms with Crippen LogP contribution in [0.1, 0.15) is 37.8 Å². The molecule has 3 aromatic rings. The van der Waals surface area contributed by atoms with Crippen molar-refractivity contribution in [2.75, 3.05) is 18.9 Å². The van der Waals surface area contributed by atoms with Crippen molar-refractivity contribution < 1.29 is 19.3 Å². The van der Waals surface area contributed by atoms with Crippen molar-refractivity contribution in [3.63, 3.8) is 0 Å². The summed E-state index contributed by atoms with van der Waals surface area (Å²) in [5.41, 5.74) is -1.87. The number of Topliss-reactive ketones (excluding diaryl/α,β-unsaturated/α-hetero) is 2. The second-order valence-corrected chi connectivity index (χ2v) is 9.59. The Morgan fingerprint density at radius 2 is 1.69 bits per heavy atom. The molecule has 1 aliphatic carbocycles. The van der Waals surface area contributed by atoms with Crippen LogP contribution in [0.5, 0.6) is 0 Å². The average Bonchev–Trinajstić information content (AvgIpc) is 3.39. The number of amides is 1. The monoisotopic (exact) mass is 487 g/mol. The minimum absolute atomic E-state index is 0.145. The molecule has 1 amide bonds. The molecule has 3 aromatic carbocycles. The number of fused-ring (bicyclic) bond motifs is 4. The first-order chi connectivity index (χ1) is 16.7. The van der Waals surface area contributed by atoms with Crippen molar-refractivity contribution in [1.82, 2.24) is 4.90 Å². The third-order valence-corrected chi connectivity index (χ3v) is 7.92. The second kappa shape index (κ2) is 7.07. The average molecular weight is 488 g/mol. The maximum atomic E-state index is 14.4. The van der Waals surface area contributed by atoms with Crippen LogP contribution in [0.4, 0.5) is 11.4 Å². The molecule has 0 unspecified atom stereocenters. The van der Waals surface area contributed by atoms with Gasteiger partial charge in [-0.25, -0.2) is 0 Å². The predicted octanol–water partition coefficient (Wildman–Crippen LogP) is 4.19. The molecular weight excluding hydrogens is 470 g/mol. The van der Waals surface area contributed by atoms with E-state index in [1.165, 1.54) is 18.2 Å². The molecule has 6 rings (SSSR count). The lowest BCUT2D eigenvalue weighted by Crippen LogP contribution is -2.60. The number of likely N-dealkylation sites (N-methyl/N-ethyl adjacent to an activating group) is 1. The largest absolute Gasteiger partial charge is 0.324 e. The van der Waals surface area contributed by atoms with Crippen LogP contribution in [0.25, 0.3) is 0 Å². The highest BCUT2D eigenvalue weighted by atomic mass is 35.5. The second-order valence-electron chi connectivity index (χ2n) is 9.15. The lowest BCUT2D eigenvalue weighted by molar-refractivity contribution is -0.384. The number of nitrogens with one attached hydrogen (secondary N) is 1. The molecule has 174 valence electrons. The first-order valence-electron chi connectivity index (χ1n) is 11.0. The maximum absolute atomic E-state index is 14.4. The Morgan fingerprint density at radius 1 is 1.00 bits per heavy atom. The van der Waals surface area contributed by atoms with Crippen LogP contribution in [0.15, 0.2) is 66.7 Å². The van der Waals surface area contributed by atoms with E-state index in [-0.39, 0.29) is 23.4 Å². The third-order valence-electron chi connectivity index (χ3n) is 7.69. The number of benzene rings is 3. The van der Waals surface area contributed by atoms with E-state index in [0.29, 0.717) is 21.8 Å². The maximum Gasteiger partial charge on any atom is 0.269 e. The van der Waals surface area contributed by atoms with Gasteiger partial charge in [-0.2, -0.15) is 0 Å². The minimum atomic E-state index is -1.87. The number of halogens is 1. The first-order valence-corrected chi connectivity index (χ1v) is 11.4. The van der Waals surface area contributed by atoms with Crippen molar-refractivity contribution in [2.24, 2.45) is 5.41 Å². The lowest BCUT2D eigenvalue weighted by Gasteiger charge is -2.42. The van der Waals surface area contributed by atoms with Crippen LogP contribution in [0, 0.1) is 15.5 Å². The number of nitrogens with zero attached hydrogens (tertiary/aromatic N) is 2. The summed E-state index contributed by atoms with van der Waals surface area (Å²) < 4.78 is 0. The number of rotatable bonds is 2. The van der Waals surface area contributed by atoms with E-state index in [1.54, 1.807) is 60.5 Å². The van der Waals surface area contributed by atoms with Crippen molar-refractivity contribution in [1.29, 1.82) is 0 Å². The number of nitro groups is 1. The van der Waals surface area contributed by atoms with Gasteiger partial charge in [0, 0.05) is 52.0 Å². The summed E-state index contributed by atoms with van der Waals surface area (Å²) in [6.45, 7) is 0.145. The van der Waals surface area contributed by atoms with Crippen LogP contribution >= 0.6 is 11.6 Å². The number of anilines is 1. The van der Waals surface area contributed by atoms with Gasteiger partial charge in [0.15, 0.2) is 11.6 Å². The van der Waals surface area contributed by atoms with Gasteiger partial charge < -0.3 is 5.32 Å². The lowest BCUT2D eigenvalue weighted by atomic mass is 9.58. The molecule has 9 heteroatoms. The summed E-state index contributed by atoms with van der Waals surface area (Å²) >= 11 is 6.34. The van der Waals surface area contributed by atoms with Gasteiger partial charge in [0.1, 0.15) is 11.0 Å². The number of nitro benzene ring substituents is 1. The van der Waals surface area contributed by atoms with Gasteiger partial charge in [-0.1, -0.05) is 48.0 Å². The zero-order chi connectivity index (χ0) is 24.7. The Hall–Kier alpha value is -3.88. The van der Waals surface area contributed by atoms with Gasteiger partial charge in [-0.3, -0.25) is 29.4 Å². The summed E-state index contributed by atoms with van der Waals surface area (Å²) in [6.07, 6.45) is 0. The molecule has 1 fully saturated rings. The number of non-ortho nitro benzene ring substituents is 1. The fourth-order valence-electron chi connectivity index (χ4n) is 6.39. The molecule has 0 bridgehead atoms. The number of hydrogen-bond acceptors (Lipinski definition) is 6. The van der Waals surface area contributed by atoms with Crippen LogP contribution in [-0.2, 0) is 10.3 Å². The Labute approximate surface area is 204 Å². The van der Waals surface area contributed by atoms with Crippen LogP contribution < -0.4 is 5.32 Å². The fourth-order valence-corrected chi connectivity index (χ4v) is 6.57. The summed E-state index contributed by atoms with van der Waals surface area (Å²) in [4.78, 5) is 55.4. The topological polar surface area (TPSA) is 110 Å². The standard InChI is InChI=1S/C26H18ClN3O5/c1-29-13-20(14-5-4-6-16(11-14)30(34)35)25(22(31)17-7-2-3-8-18(17)23(25)32)26(29)19-12-15(27)9-10-21(19)28-24(26)33/h2-12,20H,13H2,1H3,(H,28,33)/t20-,26-/m1/s1. The van der Waals surface area contributed by atoms with Crippen molar-refractivity contribution in [3.8, 4) is 0 Å². The zero-order valence-corrected chi connectivity index (χ0v) is 19.2. The Balaban J connectivity index is 1.72. The van der Waals surface area contributed by atoms with Gasteiger partial charge in [-0.15, -0.1) is 0 Å². The summed E-state index contributed by atoms with van der Waals surface area (Å²) in [5, 5.41) is 14.8. The molecule has 1 N–H and O–H groups in total. The van der Waals surface area contributed by atoms with Crippen LogP contribution in [0.2, 0.25) is 5.02 Å². The molecule has 0 aromatic heterocycles. The Morgan fingerprint density at radius 3 is 2.34 bits per heavy atom. The van der Waals surface area contributed by atoms with Gasteiger partial charge in [0.05, 0.1) is 4.92 Å². The first kappa shape index (κ1) is 21.6. The molecule has 2 spiro atoms. The fraction of sp³-hybridized carbons (Fsp3) is 0.192. The number of carbonyl (C=O) groups is 3. The predicted molar refractivity (Wildman–Crippen MR) is 128 cm³/mol. The molecule has 2 atom stereocenters. The number of carbonyl (C=O) groups excluding carboxylic acids is 3. The SMILES string of the molecule is CN1C[C@H](c2cccc([N+](=O)[O-])c2)C2(C(=O)c3ccccc3C2=O)[C@@]12C(=O)Nc1ccc(Cl)cc12. The van der Waals surface area contributed by atoms with Gasteiger partial charge in [0.2, 0.25) is 0 Å². The quantitative estimate of drug-likeness (QED) is 0.330. The van der Waals surface area contributed by atoms with E-state index < -0.39 is 39.3 Å². The molecule has 2 heterocycles. The Kier molecular flexibility index (Phi) is 4.37. The molecular formula is C26H18ClN3O5. The minimum Gasteiger partial charge on any atom is -0.324 e. The molecule has 0 radical (unpaired) electrons. The number of likely N-dealkylation sites (tertiary alicyclic amines) is 1. The van der Waals surface area contributed by atoms with Crippen molar-refractivity contribution >= 4 is 40.4 Å². The van der Waals surface area contributed by atoms with E-state index in [4.69, 9.17) is 11.6 Å². The third kappa shape index (κ3) is 2.42. The van der Waals surface area contributed by atoms with Crippen molar-refractivity contribution in [2.45, 2.75) is 11.5 Å². The van der Waals surface area contributed by atoms with Gasteiger partial charge >= 0.3 is 0 Å². The highest BCUT2D eigenvalue weighted by Gasteiger charge is 2.78. The molecule has 2 aliphatic heterocycles. The molecule has 3 aliphatic rings. The smallest absolute Gasteiger partial charge is 0.269 e. The van der Waals surface area contributed by atoms with E-state index in [2.05, 4.69) is 5.32 Å². The normalized spacial score (nSPS) is 24.2. The summed E-state index contributed by atoms with van der Waals surface area (Å²) in [5.74, 6) is -2.26. The molecule has 8 nitrogen and oxygen atoms in total. The Bertz CT molecular complexity index is 1470. The number of ketones is 2. The van der Waals surface area contributed by atoms with Crippen molar-refractivity contribution in [3.05, 3.63) is 104 Å². The highest BCUT2D eigenvalue weighted by Crippen LogP contribution is 2.66. The van der Waals surface area contributed by atoms with E-state index in [9.17, 15) is 24.5 Å². The molecule has 35 heavy (non-hydrogen) atoms.